The van der Waals surface area contributed by atoms with Crippen molar-refractivity contribution in [1.82, 2.24) is 20.2 Å². The number of nitrogens with one attached hydrogen (secondary N) is 2. The van der Waals surface area contributed by atoms with E-state index in [1.54, 1.807) is 0 Å². The van der Waals surface area contributed by atoms with Gasteiger partial charge in [-0.1, -0.05) is 0 Å². The fraction of sp³-hybridized carbons (Fsp3) is 0.600. The second-order valence-electron chi connectivity index (χ2n) is 5.72. The maximum atomic E-state index is 11.9. The highest BCUT2D eigenvalue weighted by Gasteiger charge is 2.14. The van der Waals surface area contributed by atoms with E-state index >= 15 is 0 Å². The maximum Gasteiger partial charge on any atom is 0.268 e. The molecule has 2 aliphatic rings. The summed E-state index contributed by atoms with van der Waals surface area (Å²) in [6, 6.07) is 1.91. The number of thiophene rings is 1. The second kappa shape index (κ2) is 7.68. The number of fused-ring (bicyclic) bond motifs is 1. The highest BCUT2D eigenvalue weighted by Crippen LogP contribution is 2.25. The summed E-state index contributed by atoms with van der Waals surface area (Å²) in [7, 11) is 0. The molecule has 2 fully saturated rings. The number of aromatic nitrogens is 2. The number of rotatable bonds is 2. The number of hydrogen-bond donors (Lipinski definition) is 2. The fourth-order valence-electron chi connectivity index (χ4n) is 2.81. The van der Waals surface area contributed by atoms with Crippen molar-refractivity contribution in [1.29, 1.82) is 0 Å². The van der Waals surface area contributed by atoms with Crippen molar-refractivity contribution in [2.75, 3.05) is 26.2 Å². The minimum Gasteiger partial charge on any atom is -0.317 e. The Balaban J connectivity index is 0.000000246. The number of halogens is 1. The van der Waals surface area contributed by atoms with Gasteiger partial charge < -0.3 is 10.3 Å². The van der Waals surface area contributed by atoms with Crippen molar-refractivity contribution < 1.29 is 0 Å². The Morgan fingerprint density at radius 2 is 1.95 bits per heavy atom. The summed E-state index contributed by atoms with van der Waals surface area (Å²) >= 11 is 4.81. The number of H-pyrrole nitrogens is 1. The maximum absolute atomic E-state index is 11.9. The van der Waals surface area contributed by atoms with Gasteiger partial charge in [0.1, 0.15) is 10.5 Å². The van der Waals surface area contributed by atoms with E-state index in [2.05, 4.69) is 36.1 Å². The topological polar surface area (TPSA) is 61.0 Å². The molecular formula is C15H21BrN4OS. The smallest absolute Gasteiger partial charge is 0.268 e. The first-order valence-electron chi connectivity index (χ1n) is 7.84. The van der Waals surface area contributed by atoms with Gasteiger partial charge in [0.25, 0.3) is 5.56 Å². The molecule has 2 aromatic rings. The van der Waals surface area contributed by atoms with E-state index in [9.17, 15) is 4.79 Å². The van der Waals surface area contributed by atoms with Crippen LogP contribution in [-0.4, -0.2) is 41.0 Å². The van der Waals surface area contributed by atoms with Crippen LogP contribution >= 0.6 is 27.3 Å². The Bertz CT molecular complexity index is 666. The average molecular weight is 385 g/mol. The van der Waals surface area contributed by atoms with Gasteiger partial charge in [0.05, 0.1) is 15.8 Å². The Morgan fingerprint density at radius 1 is 1.23 bits per heavy atom. The van der Waals surface area contributed by atoms with Crippen molar-refractivity contribution in [2.45, 2.75) is 32.2 Å². The van der Waals surface area contributed by atoms with Crippen molar-refractivity contribution in [2.24, 2.45) is 0 Å². The third kappa shape index (κ3) is 4.16. The van der Waals surface area contributed by atoms with Crippen molar-refractivity contribution in [3.05, 3.63) is 26.0 Å². The molecule has 0 atom stereocenters. The lowest BCUT2D eigenvalue weighted by Gasteiger charge is -2.13. The lowest BCUT2D eigenvalue weighted by molar-refractivity contribution is 0.322. The molecule has 0 unspecified atom stereocenters. The van der Waals surface area contributed by atoms with Crippen LogP contribution in [-0.2, 0) is 6.54 Å². The van der Waals surface area contributed by atoms with E-state index in [0.29, 0.717) is 4.70 Å². The first kappa shape index (κ1) is 16.1. The lowest BCUT2D eigenvalue weighted by atomic mass is 10.4. The van der Waals surface area contributed by atoms with E-state index in [-0.39, 0.29) is 5.56 Å². The Morgan fingerprint density at radius 3 is 2.59 bits per heavy atom. The van der Waals surface area contributed by atoms with Crippen LogP contribution in [0.3, 0.4) is 0 Å². The molecule has 0 bridgehead atoms. The lowest BCUT2D eigenvalue weighted by Crippen LogP contribution is -2.22. The van der Waals surface area contributed by atoms with Crippen molar-refractivity contribution in [3.63, 3.8) is 0 Å². The molecule has 0 aliphatic carbocycles. The molecule has 2 aliphatic heterocycles. The third-order valence-corrected chi connectivity index (χ3v) is 5.56. The molecule has 120 valence electrons. The summed E-state index contributed by atoms with van der Waals surface area (Å²) in [5.74, 6) is 0.773. The number of likely N-dealkylation sites (tertiary alicyclic amines) is 1. The summed E-state index contributed by atoms with van der Waals surface area (Å²) in [5.41, 5.74) is 0.764. The Hall–Kier alpha value is -0.760. The fourth-order valence-corrected chi connectivity index (χ4v) is 4.23. The normalized spacial score (nSPS) is 18.6. The molecule has 0 saturated carbocycles. The molecule has 22 heavy (non-hydrogen) atoms. The van der Waals surface area contributed by atoms with Crippen LogP contribution in [0.15, 0.2) is 14.6 Å². The van der Waals surface area contributed by atoms with Gasteiger partial charge in [-0.05, 0) is 73.9 Å². The van der Waals surface area contributed by atoms with Gasteiger partial charge in [0.2, 0.25) is 0 Å². The zero-order valence-corrected chi connectivity index (χ0v) is 14.9. The molecule has 0 amide bonds. The standard InChI is InChI=1S/C11H12BrN3OS.C4H9N/c12-8-5-7-10(17-8)11(16)14-9(13-7)6-15-3-1-2-4-15;1-2-4-5-3-1/h5H,1-4,6H2,(H,13,14,16);5H,1-4H2. The van der Waals surface area contributed by atoms with E-state index in [0.717, 1.165) is 34.8 Å². The van der Waals surface area contributed by atoms with Crippen LogP contribution in [0.5, 0.6) is 0 Å². The van der Waals surface area contributed by atoms with Gasteiger partial charge in [-0.25, -0.2) is 4.98 Å². The van der Waals surface area contributed by atoms with Gasteiger partial charge in [0.15, 0.2) is 0 Å². The van der Waals surface area contributed by atoms with Gasteiger partial charge in [-0.15, -0.1) is 11.3 Å². The van der Waals surface area contributed by atoms with Gasteiger partial charge in [0, 0.05) is 0 Å². The van der Waals surface area contributed by atoms with E-state index < -0.39 is 0 Å². The summed E-state index contributed by atoms with van der Waals surface area (Å²) in [4.78, 5) is 21.6. The number of nitrogens with zero attached hydrogens (tertiary/aromatic N) is 2. The number of hydrogen-bond acceptors (Lipinski definition) is 5. The van der Waals surface area contributed by atoms with E-state index in [1.807, 2.05) is 6.07 Å². The monoisotopic (exact) mass is 384 g/mol. The first-order valence-corrected chi connectivity index (χ1v) is 9.44. The molecule has 2 saturated heterocycles. The van der Waals surface area contributed by atoms with Crippen molar-refractivity contribution in [3.8, 4) is 0 Å². The number of aromatic amines is 1. The van der Waals surface area contributed by atoms with Crippen LogP contribution in [0.4, 0.5) is 0 Å². The molecule has 0 radical (unpaired) electrons. The summed E-state index contributed by atoms with van der Waals surface area (Å²) in [6.07, 6.45) is 5.27. The second-order valence-corrected chi connectivity index (χ2v) is 8.15. The van der Waals surface area contributed by atoms with Gasteiger partial charge in [-0.2, -0.15) is 0 Å². The van der Waals surface area contributed by atoms with Crippen LogP contribution in [0, 0.1) is 0 Å². The first-order chi connectivity index (χ1) is 10.7. The molecule has 7 heteroatoms. The minimum atomic E-state index is -0.0279. The van der Waals surface area contributed by atoms with Crippen molar-refractivity contribution >= 4 is 37.5 Å². The predicted molar refractivity (Wildman–Crippen MR) is 94.6 cm³/mol. The molecule has 0 spiro atoms. The van der Waals surface area contributed by atoms with Crippen LogP contribution in [0.25, 0.3) is 10.2 Å². The molecule has 2 N–H and O–H groups in total. The molecular weight excluding hydrogens is 364 g/mol. The Kier molecular flexibility index (Phi) is 5.62. The van der Waals surface area contributed by atoms with Crippen LogP contribution in [0.2, 0.25) is 0 Å². The van der Waals surface area contributed by atoms with E-state index in [4.69, 9.17) is 0 Å². The summed E-state index contributed by atoms with van der Waals surface area (Å²) < 4.78 is 1.64. The SMILES string of the molecule is C1CCNC1.O=c1[nH]c(CN2CCCC2)nc2cc(Br)sc12. The molecule has 4 rings (SSSR count). The summed E-state index contributed by atoms with van der Waals surface area (Å²) in [6.45, 7) is 5.46. The summed E-state index contributed by atoms with van der Waals surface area (Å²) in [5, 5.41) is 3.22. The van der Waals surface area contributed by atoms with Gasteiger partial charge in [-0.3, -0.25) is 9.69 Å². The van der Waals surface area contributed by atoms with Crippen LogP contribution in [0.1, 0.15) is 31.5 Å². The quantitative estimate of drug-likeness (QED) is 0.835. The molecule has 2 aromatic heterocycles. The zero-order chi connectivity index (χ0) is 15.4. The highest BCUT2D eigenvalue weighted by molar-refractivity contribution is 9.11. The predicted octanol–water partition coefficient (Wildman–Crippen LogP) is 2.71. The van der Waals surface area contributed by atoms with Crippen LogP contribution < -0.4 is 10.9 Å². The Labute approximate surface area is 142 Å². The highest BCUT2D eigenvalue weighted by atomic mass is 79.9. The van der Waals surface area contributed by atoms with Gasteiger partial charge >= 0.3 is 0 Å². The molecule has 4 heterocycles. The zero-order valence-electron chi connectivity index (χ0n) is 12.5. The molecule has 5 nitrogen and oxygen atoms in total. The van der Waals surface area contributed by atoms with E-state index in [1.165, 1.54) is 50.1 Å². The average Bonchev–Trinajstić information content (AvgIpc) is 3.20. The third-order valence-electron chi connectivity index (χ3n) is 3.93. The largest absolute Gasteiger partial charge is 0.317 e. The minimum absolute atomic E-state index is 0.0279. The molecule has 0 aromatic carbocycles.